The molecule has 3 rings (SSSR count). The molecule has 1 unspecified atom stereocenters. The third-order valence-corrected chi connectivity index (χ3v) is 6.02. The summed E-state index contributed by atoms with van der Waals surface area (Å²) in [6, 6.07) is 8.88. The fourth-order valence-electron chi connectivity index (χ4n) is 3.02. The van der Waals surface area contributed by atoms with E-state index in [4.69, 9.17) is 4.42 Å². The van der Waals surface area contributed by atoms with Crippen LogP contribution in [0.3, 0.4) is 0 Å². The van der Waals surface area contributed by atoms with Gasteiger partial charge in [0.2, 0.25) is 5.91 Å². The van der Waals surface area contributed by atoms with Gasteiger partial charge >= 0.3 is 0 Å². The Balaban J connectivity index is 1.79. The van der Waals surface area contributed by atoms with Crippen molar-refractivity contribution in [3.05, 3.63) is 57.2 Å². The van der Waals surface area contributed by atoms with Crippen molar-refractivity contribution in [2.24, 2.45) is 0 Å². The number of fused-ring (bicyclic) bond motifs is 1. The minimum absolute atomic E-state index is 0.0701. The predicted octanol–water partition coefficient (Wildman–Crippen LogP) is 4.91. The highest BCUT2D eigenvalue weighted by molar-refractivity contribution is 9.10. The SMILES string of the molecule is CCCCCn1c(SCC(=O)NC(C)c2ccco2)nc2ccc(Br)cc2c1=O. The van der Waals surface area contributed by atoms with Crippen LogP contribution in [0.15, 0.2) is 55.4 Å². The van der Waals surface area contributed by atoms with E-state index in [1.165, 1.54) is 11.8 Å². The van der Waals surface area contributed by atoms with Gasteiger partial charge in [-0.05, 0) is 43.7 Å². The van der Waals surface area contributed by atoms with Crippen molar-refractivity contribution >= 4 is 44.5 Å². The zero-order valence-electron chi connectivity index (χ0n) is 16.5. The number of carbonyl (C=O) groups excluding carboxylic acids is 1. The normalized spacial score (nSPS) is 12.2. The fraction of sp³-hybridized carbons (Fsp3) is 0.381. The summed E-state index contributed by atoms with van der Waals surface area (Å²) >= 11 is 4.70. The van der Waals surface area contributed by atoms with Gasteiger partial charge in [-0.15, -0.1) is 0 Å². The average molecular weight is 478 g/mol. The zero-order valence-corrected chi connectivity index (χ0v) is 18.9. The number of thioether (sulfide) groups is 1. The van der Waals surface area contributed by atoms with Crippen molar-refractivity contribution in [3.63, 3.8) is 0 Å². The Labute approximate surface area is 182 Å². The van der Waals surface area contributed by atoms with Crippen LogP contribution in [0.25, 0.3) is 10.9 Å². The van der Waals surface area contributed by atoms with Gasteiger partial charge < -0.3 is 9.73 Å². The number of unbranched alkanes of at least 4 members (excludes halogenated alkanes) is 2. The largest absolute Gasteiger partial charge is 0.467 e. The van der Waals surface area contributed by atoms with Gasteiger partial charge in [0.05, 0.1) is 29.0 Å². The Morgan fingerprint density at radius 1 is 1.34 bits per heavy atom. The molecule has 1 aromatic carbocycles. The Morgan fingerprint density at radius 3 is 2.90 bits per heavy atom. The van der Waals surface area contributed by atoms with Gasteiger partial charge in [-0.2, -0.15) is 0 Å². The van der Waals surface area contributed by atoms with Crippen LogP contribution in [0.4, 0.5) is 0 Å². The summed E-state index contributed by atoms with van der Waals surface area (Å²) in [6.07, 6.45) is 4.58. The predicted molar refractivity (Wildman–Crippen MR) is 119 cm³/mol. The molecule has 0 aliphatic heterocycles. The molecule has 8 heteroatoms. The molecule has 1 atom stereocenters. The average Bonchev–Trinajstić information content (AvgIpc) is 3.24. The highest BCUT2D eigenvalue weighted by Crippen LogP contribution is 2.21. The molecule has 6 nitrogen and oxygen atoms in total. The summed E-state index contributed by atoms with van der Waals surface area (Å²) in [5.74, 6) is 0.742. The number of hydrogen-bond donors (Lipinski definition) is 1. The van der Waals surface area contributed by atoms with Crippen LogP contribution < -0.4 is 10.9 Å². The number of benzene rings is 1. The van der Waals surface area contributed by atoms with Crippen molar-refractivity contribution in [2.45, 2.75) is 50.9 Å². The number of rotatable bonds is 9. The first-order valence-electron chi connectivity index (χ1n) is 9.65. The van der Waals surface area contributed by atoms with Gasteiger partial charge in [-0.3, -0.25) is 14.2 Å². The molecule has 0 fully saturated rings. The third kappa shape index (κ3) is 5.51. The van der Waals surface area contributed by atoms with E-state index < -0.39 is 0 Å². The van der Waals surface area contributed by atoms with E-state index in [2.05, 4.69) is 33.2 Å². The minimum atomic E-state index is -0.216. The smallest absolute Gasteiger partial charge is 0.262 e. The summed E-state index contributed by atoms with van der Waals surface area (Å²) in [5, 5.41) is 4.06. The van der Waals surface area contributed by atoms with E-state index in [-0.39, 0.29) is 23.3 Å². The van der Waals surface area contributed by atoms with E-state index in [1.54, 1.807) is 23.0 Å². The van der Waals surface area contributed by atoms with Gasteiger partial charge in [0.15, 0.2) is 5.16 Å². The quantitative estimate of drug-likeness (QED) is 0.269. The molecular weight excluding hydrogens is 454 g/mol. The number of carbonyl (C=O) groups is 1. The van der Waals surface area contributed by atoms with Gasteiger partial charge in [0.25, 0.3) is 5.56 Å². The highest BCUT2D eigenvalue weighted by Gasteiger charge is 2.16. The summed E-state index contributed by atoms with van der Waals surface area (Å²) in [4.78, 5) is 30.1. The maximum atomic E-state index is 13.0. The van der Waals surface area contributed by atoms with Crippen molar-refractivity contribution in [1.29, 1.82) is 0 Å². The molecule has 1 N–H and O–H groups in total. The number of aromatic nitrogens is 2. The highest BCUT2D eigenvalue weighted by atomic mass is 79.9. The maximum Gasteiger partial charge on any atom is 0.262 e. The summed E-state index contributed by atoms with van der Waals surface area (Å²) in [6.45, 7) is 4.59. The fourth-order valence-corrected chi connectivity index (χ4v) is 4.22. The van der Waals surface area contributed by atoms with E-state index in [0.717, 1.165) is 23.7 Å². The second kappa shape index (κ2) is 10.1. The monoisotopic (exact) mass is 477 g/mol. The van der Waals surface area contributed by atoms with Gasteiger partial charge in [0.1, 0.15) is 5.76 Å². The second-order valence-electron chi connectivity index (χ2n) is 6.81. The summed E-state index contributed by atoms with van der Waals surface area (Å²) < 4.78 is 7.86. The number of halogens is 1. The van der Waals surface area contributed by atoms with Crippen LogP contribution in [-0.2, 0) is 11.3 Å². The summed E-state index contributed by atoms with van der Waals surface area (Å²) in [5.41, 5.74) is 0.566. The molecule has 0 bridgehead atoms. The molecule has 0 saturated carbocycles. The molecule has 2 aromatic heterocycles. The molecule has 0 aliphatic carbocycles. The lowest BCUT2D eigenvalue weighted by Gasteiger charge is -2.14. The first-order valence-corrected chi connectivity index (χ1v) is 11.4. The van der Waals surface area contributed by atoms with Crippen LogP contribution in [0.5, 0.6) is 0 Å². The summed E-state index contributed by atoms with van der Waals surface area (Å²) in [7, 11) is 0. The van der Waals surface area contributed by atoms with Crippen LogP contribution >= 0.6 is 27.7 Å². The lowest BCUT2D eigenvalue weighted by molar-refractivity contribution is -0.119. The Hall–Kier alpha value is -2.06. The number of hydrogen-bond acceptors (Lipinski definition) is 5. The molecule has 0 spiro atoms. The molecule has 154 valence electrons. The van der Waals surface area contributed by atoms with Crippen molar-refractivity contribution in [1.82, 2.24) is 14.9 Å². The molecule has 2 heterocycles. The minimum Gasteiger partial charge on any atom is -0.467 e. The topological polar surface area (TPSA) is 77.1 Å². The van der Waals surface area contributed by atoms with Gasteiger partial charge in [0, 0.05) is 11.0 Å². The van der Waals surface area contributed by atoms with Gasteiger partial charge in [-0.1, -0.05) is 47.5 Å². The first kappa shape index (κ1) is 21.6. The Bertz CT molecular complexity index is 1030. The molecule has 29 heavy (non-hydrogen) atoms. The Kier molecular flexibility index (Phi) is 7.55. The van der Waals surface area contributed by atoms with E-state index in [9.17, 15) is 9.59 Å². The van der Waals surface area contributed by atoms with Crippen LogP contribution in [0.1, 0.15) is 44.9 Å². The van der Waals surface area contributed by atoms with Crippen LogP contribution in [0, 0.1) is 0 Å². The molecule has 0 radical (unpaired) electrons. The number of nitrogens with zero attached hydrogens (tertiary/aromatic N) is 2. The Morgan fingerprint density at radius 2 is 2.17 bits per heavy atom. The van der Waals surface area contributed by atoms with Crippen molar-refractivity contribution < 1.29 is 9.21 Å². The molecule has 3 aromatic rings. The first-order chi connectivity index (χ1) is 14.0. The van der Waals surface area contributed by atoms with Crippen LogP contribution in [0.2, 0.25) is 0 Å². The third-order valence-electron chi connectivity index (χ3n) is 4.55. The second-order valence-corrected chi connectivity index (χ2v) is 8.67. The zero-order chi connectivity index (χ0) is 20.8. The number of nitrogens with one attached hydrogen (secondary N) is 1. The van der Waals surface area contributed by atoms with E-state index >= 15 is 0 Å². The van der Waals surface area contributed by atoms with Crippen molar-refractivity contribution in [3.8, 4) is 0 Å². The van der Waals surface area contributed by atoms with Crippen molar-refractivity contribution in [2.75, 3.05) is 5.75 Å². The molecule has 0 saturated heterocycles. The molecule has 1 amide bonds. The van der Waals surface area contributed by atoms with Gasteiger partial charge in [-0.25, -0.2) is 4.98 Å². The lowest BCUT2D eigenvalue weighted by Crippen LogP contribution is -2.29. The maximum absolute atomic E-state index is 13.0. The molecular formula is C21H24BrN3O3S. The van der Waals surface area contributed by atoms with E-state index in [0.29, 0.717) is 28.4 Å². The standard InChI is InChI=1S/C21H24BrN3O3S/c1-3-4-5-10-25-20(27)16-12-15(22)8-9-17(16)24-21(25)29-13-19(26)23-14(2)18-7-6-11-28-18/h6-9,11-12,14H,3-5,10,13H2,1-2H3,(H,23,26). The van der Waals surface area contributed by atoms with Crippen LogP contribution in [-0.4, -0.2) is 21.2 Å². The lowest BCUT2D eigenvalue weighted by atomic mass is 10.2. The number of furan rings is 1. The van der Waals surface area contributed by atoms with E-state index in [1.807, 2.05) is 25.1 Å². The number of amides is 1. The molecule has 0 aliphatic rings.